The van der Waals surface area contributed by atoms with Gasteiger partial charge in [0.2, 0.25) is 0 Å². The van der Waals surface area contributed by atoms with Gasteiger partial charge < -0.3 is 10.1 Å². The molecular weight excluding hydrogens is 202 g/mol. The van der Waals surface area contributed by atoms with Crippen molar-refractivity contribution in [2.24, 2.45) is 0 Å². The lowest BCUT2D eigenvalue weighted by Gasteiger charge is -2.30. The fourth-order valence-corrected chi connectivity index (χ4v) is 2.08. The third kappa shape index (κ3) is 1.86. The van der Waals surface area contributed by atoms with Crippen molar-refractivity contribution in [2.45, 2.75) is 18.3 Å². The highest BCUT2D eigenvalue weighted by molar-refractivity contribution is 5.33. The normalized spacial score (nSPS) is 18.8. The Morgan fingerprint density at radius 1 is 1.50 bits per heavy atom. The Balaban J connectivity index is 2.36. The van der Waals surface area contributed by atoms with Crippen LogP contribution in [0.1, 0.15) is 18.5 Å². The lowest BCUT2D eigenvalue weighted by Crippen LogP contribution is -2.39. The molecule has 2 rings (SSSR count). The molecule has 1 aliphatic heterocycles. The van der Waals surface area contributed by atoms with E-state index in [0.29, 0.717) is 0 Å². The zero-order valence-corrected chi connectivity index (χ0v) is 9.36. The van der Waals surface area contributed by atoms with Crippen molar-refractivity contribution in [3.05, 3.63) is 24.0 Å². The van der Waals surface area contributed by atoms with Crippen molar-refractivity contribution in [3.8, 4) is 11.8 Å². The van der Waals surface area contributed by atoms with Gasteiger partial charge >= 0.3 is 0 Å². The summed E-state index contributed by atoms with van der Waals surface area (Å²) in [5.41, 5.74) is 0.385. The zero-order valence-electron chi connectivity index (χ0n) is 9.36. The predicted molar refractivity (Wildman–Crippen MR) is 60.2 cm³/mol. The number of nitrogens with zero attached hydrogens (tertiary/aromatic N) is 2. The summed E-state index contributed by atoms with van der Waals surface area (Å²) in [7, 11) is 1.63. The van der Waals surface area contributed by atoms with Crippen LogP contribution < -0.4 is 10.1 Å². The van der Waals surface area contributed by atoms with Crippen LogP contribution in [0.25, 0.3) is 0 Å². The number of hydrogen-bond donors (Lipinski definition) is 1. The van der Waals surface area contributed by atoms with Crippen LogP contribution in [0.15, 0.2) is 18.3 Å². The van der Waals surface area contributed by atoms with E-state index < -0.39 is 5.41 Å². The van der Waals surface area contributed by atoms with E-state index >= 15 is 0 Å². The summed E-state index contributed by atoms with van der Waals surface area (Å²) in [5.74, 6) is 0.762. The molecule has 0 radical (unpaired) electrons. The Labute approximate surface area is 95.3 Å². The van der Waals surface area contributed by atoms with Gasteiger partial charge in [-0.1, -0.05) is 0 Å². The van der Waals surface area contributed by atoms with Crippen LogP contribution in [0.2, 0.25) is 0 Å². The van der Waals surface area contributed by atoms with Gasteiger partial charge in [0.05, 0.1) is 18.9 Å². The summed E-state index contributed by atoms with van der Waals surface area (Å²) in [6.07, 6.45) is 3.32. The second kappa shape index (κ2) is 4.50. The minimum atomic E-state index is -0.445. The molecule has 1 fully saturated rings. The number of pyridine rings is 1. The van der Waals surface area contributed by atoms with E-state index in [2.05, 4.69) is 16.4 Å². The van der Waals surface area contributed by atoms with E-state index in [0.717, 1.165) is 37.4 Å². The largest absolute Gasteiger partial charge is 0.497 e. The zero-order chi connectivity index (χ0) is 11.4. The van der Waals surface area contributed by atoms with Gasteiger partial charge in [-0.05, 0) is 32.0 Å². The van der Waals surface area contributed by atoms with Crippen molar-refractivity contribution in [2.75, 3.05) is 20.2 Å². The van der Waals surface area contributed by atoms with Gasteiger partial charge in [0.15, 0.2) is 0 Å². The first kappa shape index (κ1) is 10.9. The van der Waals surface area contributed by atoms with E-state index in [-0.39, 0.29) is 0 Å². The van der Waals surface area contributed by atoms with Gasteiger partial charge in [-0.25, -0.2) is 0 Å². The molecule has 16 heavy (non-hydrogen) atoms. The van der Waals surface area contributed by atoms with Gasteiger partial charge in [0, 0.05) is 12.3 Å². The summed E-state index contributed by atoms with van der Waals surface area (Å²) in [6.45, 7) is 1.74. The first-order valence-corrected chi connectivity index (χ1v) is 5.43. The predicted octanol–water partition coefficient (Wildman–Crippen LogP) is 1.23. The SMILES string of the molecule is COc1ccnc(C2(C#N)CCNCC2)c1. The van der Waals surface area contributed by atoms with Gasteiger partial charge in [0.25, 0.3) is 0 Å². The number of hydrogen-bond acceptors (Lipinski definition) is 4. The maximum atomic E-state index is 9.40. The Hall–Kier alpha value is -1.60. The molecule has 0 aliphatic carbocycles. The Kier molecular flexibility index (Phi) is 3.07. The van der Waals surface area contributed by atoms with E-state index in [9.17, 15) is 5.26 Å². The molecular formula is C12H15N3O. The molecule has 1 aromatic heterocycles. The lowest BCUT2D eigenvalue weighted by molar-refractivity contribution is 0.369. The third-order valence-corrected chi connectivity index (χ3v) is 3.13. The minimum Gasteiger partial charge on any atom is -0.497 e. The average molecular weight is 217 g/mol. The van der Waals surface area contributed by atoms with Crippen LogP contribution in [0.4, 0.5) is 0 Å². The number of piperidine rings is 1. The summed E-state index contributed by atoms with van der Waals surface area (Å²) >= 11 is 0. The Morgan fingerprint density at radius 3 is 2.88 bits per heavy atom. The first-order valence-electron chi connectivity index (χ1n) is 5.43. The van der Waals surface area contributed by atoms with Gasteiger partial charge in [0.1, 0.15) is 11.2 Å². The smallest absolute Gasteiger partial charge is 0.122 e. The molecule has 84 valence electrons. The highest BCUT2D eigenvalue weighted by Crippen LogP contribution is 2.32. The minimum absolute atomic E-state index is 0.445. The molecule has 1 aliphatic rings. The molecule has 4 heteroatoms. The fraction of sp³-hybridized carbons (Fsp3) is 0.500. The van der Waals surface area contributed by atoms with Crippen LogP contribution in [0.5, 0.6) is 5.75 Å². The number of ether oxygens (including phenoxy) is 1. The average Bonchev–Trinajstić information content (AvgIpc) is 2.39. The van der Waals surface area contributed by atoms with Crippen LogP contribution in [-0.2, 0) is 5.41 Å². The molecule has 0 bridgehead atoms. The van der Waals surface area contributed by atoms with Gasteiger partial charge in [-0.15, -0.1) is 0 Å². The quantitative estimate of drug-likeness (QED) is 0.809. The van der Waals surface area contributed by atoms with Crippen molar-refractivity contribution in [1.29, 1.82) is 5.26 Å². The number of nitrogens with one attached hydrogen (secondary N) is 1. The monoisotopic (exact) mass is 217 g/mol. The second-order valence-corrected chi connectivity index (χ2v) is 4.02. The molecule has 0 spiro atoms. The van der Waals surface area contributed by atoms with E-state index in [1.165, 1.54) is 0 Å². The van der Waals surface area contributed by atoms with Crippen LogP contribution in [-0.4, -0.2) is 25.2 Å². The van der Waals surface area contributed by atoms with Crippen LogP contribution >= 0.6 is 0 Å². The van der Waals surface area contributed by atoms with E-state index in [4.69, 9.17) is 4.74 Å². The molecule has 1 aromatic rings. The van der Waals surface area contributed by atoms with Crippen molar-refractivity contribution < 1.29 is 4.74 Å². The summed E-state index contributed by atoms with van der Waals surface area (Å²) < 4.78 is 5.17. The molecule has 0 saturated carbocycles. The molecule has 4 nitrogen and oxygen atoms in total. The van der Waals surface area contributed by atoms with E-state index in [1.54, 1.807) is 19.4 Å². The molecule has 0 unspecified atom stereocenters. The summed E-state index contributed by atoms with van der Waals surface area (Å²) in [5, 5.41) is 12.7. The van der Waals surface area contributed by atoms with Crippen molar-refractivity contribution in [1.82, 2.24) is 10.3 Å². The van der Waals surface area contributed by atoms with E-state index in [1.807, 2.05) is 6.07 Å². The molecule has 0 amide bonds. The maximum Gasteiger partial charge on any atom is 0.122 e. The number of aromatic nitrogens is 1. The lowest BCUT2D eigenvalue weighted by atomic mass is 9.77. The van der Waals surface area contributed by atoms with Crippen molar-refractivity contribution >= 4 is 0 Å². The van der Waals surface area contributed by atoms with Gasteiger partial charge in [-0.3, -0.25) is 4.98 Å². The number of rotatable bonds is 2. The first-order chi connectivity index (χ1) is 7.80. The molecule has 1 saturated heterocycles. The fourth-order valence-electron chi connectivity index (χ4n) is 2.08. The molecule has 2 heterocycles. The number of nitriles is 1. The Bertz CT molecular complexity index is 405. The Morgan fingerprint density at radius 2 is 2.25 bits per heavy atom. The van der Waals surface area contributed by atoms with Gasteiger partial charge in [-0.2, -0.15) is 5.26 Å². The van der Waals surface area contributed by atoms with Crippen molar-refractivity contribution in [3.63, 3.8) is 0 Å². The molecule has 1 N–H and O–H groups in total. The van der Waals surface area contributed by atoms with Crippen LogP contribution in [0.3, 0.4) is 0 Å². The summed E-state index contributed by atoms with van der Waals surface area (Å²) in [6, 6.07) is 6.10. The third-order valence-electron chi connectivity index (χ3n) is 3.13. The highest BCUT2D eigenvalue weighted by atomic mass is 16.5. The standard InChI is InChI=1S/C12H15N3O/c1-16-10-2-5-15-11(8-10)12(9-13)3-6-14-7-4-12/h2,5,8,14H,3-4,6-7H2,1H3. The topological polar surface area (TPSA) is 57.9 Å². The molecule has 0 atom stereocenters. The second-order valence-electron chi connectivity index (χ2n) is 4.02. The summed E-state index contributed by atoms with van der Waals surface area (Å²) in [4.78, 5) is 4.32. The maximum absolute atomic E-state index is 9.40. The highest BCUT2D eigenvalue weighted by Gasteiger charge is 2.35. The van der Waals surface area contributed by atoms with Crippen LogP contribution in [0, 0.1) is 11.3 Å². The molecule has 0 aromatic carbocycles. The number of methoxy groups -OCH3 is 1.